The van der Waals surface area contributed by atoms with Crippen molar-refractivity contribution in [3.05, 3.63) is 46.7 Å². The molecule has 2 heterocycles. The zero-order valence-corrected chi connectivity index (χ0v) is 15.6. The molecule has 26 heavy (non-hydrogen) atoms. The third-order valence-electron chi connectivity index (χ3n) is 4.47. The molecule has 7 heteroatoms. The molecule has 2 amide bonds. The zero-order chi connectivity index (χ0) is 18.4. The Hall–Kier alpha value is -2.54. The third kappa shape index (κ3) is 4.35. The van der Waals surface area contributed by atoms with Gasteiger partial charge in [-0.2, -0.15) is 11.3 Å². The fourth-order valence-corrected chi connectivity index (χ4v) is 3.66. The predicted octanol–water partition coefficient (Wildman–Crippen LogP) is 2.23. The van der Waals surface area contributed by atoms with Crippen molar-refractivity contribution < 1.29 is 14.3 Å². The van der Waals surface area contributed by atoms with E-state index in [1.54, 1.807) is 18.6 Å². The Bertz CT molecular complexity index is 740. The topological polar surface area (TPSA) is 61.9 Å². The van der Waals surface area contributed by atoms with Crippen molar-refractivity contribution in [3.63, 3.8) is 0 Å². The number of thiophene rings is 1. The van der Waals surface area contributed by atoms with Crippen LogP contribution in [-0.4, -0.2) is 56.5 Å². The molecule has 6 nitrogen and oxygen atoms in total. The lowest BCUT2D eigenvalue weighted by Gasteiger charge is -2.36. The van der Waals surface area contributed by atoms with E-state index in [0.29, 0.717) is 31.6 Å². The summed E-state index contributed by atoms with van der Waals surface area (Å²) < 4.78 is 5.42. The highest BCUT2D eigenvalue weighted by molar-refractivity contribution is 7.08. The molecular weight excluding hydrogens is 350 g/mol. The number of methoxy groups -OCH3 is 1. The molecule has 0 aliphatic carbocycles. The largest absolute Gasteiger partial charge is 0.495 e. The second-order valence-corrected chi connectivity index (χ2v) is 6.84. The Morgan fingerprint density at radius 3 is 2.62 bits per heavy atom. The van der Waals surface area contributed by atoms with Gasteiger partial charge in [-0.05, 0) is 23.6 Å². The summed E-state index contributed by atoms with van der Waals surface area (Å²) in [6, 6.07) is 9.70. The Kier molecular flexibility index (Phi) is 6.12. The number of nitrogens with zero attached hydrogens (tertiary/aromatic N) is 2. The van der Waals surface area contributed by atoms with Gasteiger partial charge < -0.3 is 19.9 Å². The van der Waals surface area contributed by atoms with Crippen LogP contribution in [0.5, 0.6) is 5.75 Å². The summed E-state index contributed by atoms with van der Waals surface area (Å²) in [5.41, 5.74) is 1.71. The number of anilines is 1. The quantitative estimate of drug-likeness (QED) is 0.843. The molecule has 138 valence electrons. The zero-order valence-electron chi connectivity index (χ0n) is 14.8. The smallest absolute Gasteiger partial charge is 0.252 e. The number of nitrogens with one attached hydrogen (secondary N) is 1. The maximum atomic E-state index is 12.4. The van der Waals surface area contributed by atoms with Crippen LogP contribution < -0.4 is 15.0 Å². The van der Waals surface area contributed by atoms with Crippen LogP contribution in [0.4, 0.5) is 5.69 Å². The number of hydrogen-bond donors (Lipinski definition) is 1. The summed E-state index contributed by atoms with van der Waals surface area (Å²) in [4.78, 5) is 28.3. The van der Waals surface area contributed by atoms with Crippen molar-refractivity contribution in [2.45, 2.75) is 6.42 Å². The van der Waals surface area contributed by atoms with Gasteiger partial charge in [-0.1, -0.05) is 12.1 Å². The number of amides is 2. The molecule has 1 saturated heterocycles. The standard InChI is InChI=1S/C19H23N3O3S/c1-25-17-5-3-2-4-16(17)21-9-11-22(12-10-21)18(23)6-8-20-19(24)15-7-13-26-14-15/h2-5,7,13-14H,6,8-12H2,1H3,(H,20,24). The molecule has 0 atom stereocenters. The van der Waals surface area contributed by atoms with E-state index in [0.717, 1.165) is 24.5 Å². The van der Waals surface area contributed by atoms with Crippen molar-refractivity contribution in [1.82, 2.24) is 10.2 Å². The van der Waals surface area contributed by atoms with Gasteiger partial charge in [0.2, 0.25) is 5.91 Å². The number of carbonyl (C=O) groups is 2. The normalized spacial score (nSPS) is 14.2. The van der Waals surface area contributed by atoms with Crippen molar-refractivity contribution in [2.24, 2.45) is 0 Å². The third-order valence-corrected chi connectivity index (χ3v) is 5.15. The summed E-state index contributed by atoms with van der Waals surface area (Å²) in [5, 5.41) is 6.46. The molecule has 1 aromatic heterocycles. The first kappa shape index (κ1) is 18.3. The van der Waals surface area contributed by atoms with E-state index < -0.39 is 0 Å². The SMILES string of the molecule is COc1ccccc1N1CCN(C(=O)CCNC(=O)c2ccsc2)CC1. The molecule has 1 aliphatic heterocycles. The van der Waals surface area contributed by atoms with Gasteiger partial charge in [0.1, 0.15) is 5.75 Å². The van der Waals surface area contributed by atoms with Crippen LogP contribution in [-0.2, 0) is 4.79 Å². The maximum Gasteiger partial charge on any atom is 0.252 e. The average molecular weight is 373 g/mol. The van der Waals surface area contributed by atoms with Crippen LogP contribution in [0.25, 0.3) is 0 Å². The van der Waals surface area contributed by atoms with Gasteiger partial charge in [0.25, 0.3) is 5.91 Å². The van der Waals surface area contributed by atoms with Crippen LogP contribution in [0.2, 0.25) is 0 Å². The molecule has 0 bridgehead atoms. The molecule has 3 rings (SSSR count). The molecule has 2 aromatic rings. The van der Waals surface area contributed by atoms with E-state index in [1.807, 2.05) is 34.5 Å². The van der Waals surface area contributed by atoms with E-state index in [1.165, 1.54) is 11.3 Å². The Morgan fingerprint density at radius 2 is 1.92 bits per heavy atom. The lowest BCUT2D eigenvalue weighted by atomic mass is 10.2. The minimum Gasteiger partial charge on any atom is -0.495 e. The maximum absolute atomic E-state index is 12.4. The van der Waals surface area contributed by atoms with Gasteiger partial charge in [-0.15, -0.1) is 0 Å². The summed E-state index contributed by atoms with van der Waals surface area (Å²) in [5.74, 6) is 0.804. The molecule has 1 fully saturated rings. The van der Waals surface area contributed by atoms with Crippen molar-refractivity contribution in [2.75, 3.05) is 44.7 Å². The van der Waals surface area contributed by atoms with Crippen molar-refractivity contribution in [1.29, 1.82) is 0 Å². The number of benzene rings is 1. The molecule has 0 unspecified atom stereocenters. The first-order valence-corrected chi connectivity index (χ1v) is 9.59. The summed E-state index contributed by atoms with van der Waals surface area (Å²) in [7, 11) is 1.67. The first-order valence-electron chi connectivity index (χ1n) is 8.65. The monoisotopic (exact) mass is 373 g/mol. The second kappa shape index (κ2) is 8.71. The Balaban J connectivity index is 1.44. The molecule has 0 radical (unpaired) electrons. The fraction of sp³-hybridized carbons (Fsp3) is 0.368. The summed E-state index contributed by atoms with van der Waals surface area (Å²) in [6.45, 7) is 3.26. The highest BCUT2D eigenvalue weighted by atomic mass is 32.1. The molecule has 1 aromatic carbocycles. The predicted molar refractivity (Wildman–Crippen MR) is 103 cm³/mol. The fourth-order valence-electron chi connectivity index (χ4n) is 3.02. The van der Waals surface area contributed by atoms with Gasteiger partial charge in [-0.3, -0.25) is 9.59 Å². The molecule has 1 aliphatic rings. The van der Waals surface area contributed by atoms with Crippen LogP contribution in [0, 0.1) is 0 Å². The summed E-state index contributed by atoms with van der Waals surface area (Å²) in [6.07, 6.45) is 0.324. The second-order valence-electron chi connectivity index (χ2n) is 6.06. The first-order chi connectivity index (χ1) is 12.7. The number of ether oxygens (including phenoxy) is 1. The van der Waals surface area contributed by atoms with E-state index >= 15 is 0 Å². The lowest BCUT2D eigenvalue weighted by Crippen LogP contribution is -2.49. The van der Waals surface area contributed by atoms with Gasteiger partial charge in [0, 0.05) is 50.1 Å². The van der Waals surface area contributed by atoms with Crippen LogP contribution in [0.15, 0.2) is 41.1 Å². The van der Waals surface area contributed by atoms with E-state index in [2.05, 4.69) is 10.2 Å². The van der Waals surface area contributed by atoms with E-state index in [-0.39, 0.29) is 11.8 Å². The van der Waals surface area contributed by atoms with Crippen LogP contribution in [0.1, 0.15) is 16.8 Å². The summed E-state index contributed by atoms with van der Waals surface area (Å²) >= 11 is 1.48. The van der Waals surface area contributed by atoms with Gasteiger partial charge in [-0.25, -0.2) is 0 Å². The van der Waals surface area contributed by atoms with E-state index in [9.17, 15) is 9.59 Å². The number of piperazine rings is 1. The van der Waals surface area contributed by atoms with Gasteiger partial charge >= 0.3 is 0 Å². The van der Waals surface area contributed by atoms with Crippen LogP contribution >= 0.6 is 11.3 Å². The number of para-hydroxylation sites is 2. The molecular formula is C19H23N3O3S. The number of rotatable bonds is 6. The Morgan fingerprint density at radius 1 is 1.15 bits per heavy atom. The minimum atomic E-state index is -0.125. The highest BCUT2D eigenvalue weighted by Gasteiger charge is 2.22. The molecule has 0 spiro atoms. The molecule has 1 N–H and O–H groups in total. The lowest BCUT2D eigenvalue weighted by molar-refractivity contribution is -0.131. The van der Waals surface area contributed by atoms with Gasteiger partial charge in [0.15, 0.2) is 0 Å². The average Bonchev–Trinajstić information content (AvgIpc) is 3.23. The van der Waals surface area contributed by atoms with Crippen molar-refractivity contribution >= 4 is 28.8 Å². The van der Waals surface area contributed by atoms with Crippen LogP contribution in [0.3, 0.4) is 0 Å². The van der Waals surface area contributed by atoms with Gasteiger partial charge in [0.05, 0.1) is 12.8 Å². The number of carbonyl (C=O) groups excluding carboxylic acids is 2. The van der Waals surface area contributed by atoms with E-state index in [4.69, 9.17) is 4.74 Å². The minimum absolute atomic E-state index is 0.0790. The van der Waals surface area contributed by atoms with Crippen molar-refractivity contribution in [3.8, 4) is 5.75 Å². The number of hydrogen-bond acceptors (Lipinski definition) is 5. The highest BCUT2D eigenvalue weighted by Crippen LogP contribution is 2.28. The Labute approximate surface area is 157 Å². The molecule has 0 saturated carbocycles.